The Morgan fingerprint density at radius 1 is 1.33 bits per heavy atom. The van der Waals surface area contributed by atoms with Gasteiger partial charge in [0, 0.05) is 29.9 Å². The van der Waals surface area contributed by atoms with Gasteiger partial charge in [0.1, 0.15) is 11.9 Å². The molecule has 3 rings (SSSR count). The molecule has 0 saturated carbocycles. The molecule has 0 radical (unpaired) electrons. The Kier molecular flexibility index (Phi) is 2.76. The van der Waals surface area contributed by atoms with E-state index in [1.807, 2.05) is 31.2 Å². The first kappa shape index (κ1) is 11.2. The predicted octanol–water partition coefficient (Wildman–Crippen LogP) is 2.41. The first-order valence-corrected chi connectivity index (χ1v) is 6.10. The summed E-state index contributed by atoms with van der Waals surface area (Å²) >= 11 is 0. The van der Waals surface area contributed by atoms with Crippen molar-refractivity contribution in [1.82, 2.24) is 4.98 Å². The number of fused-ring (bicyclic) bond motifs is 1. The maximum absolute atomic E-state index is 10.5. The highest BCUT2D eigenvalue weighted by atomic mass is 16.5. The van der Waals surface area contributed by atoms with Crippen LogP contribution in [0.2, 0.25) is 0 Å². The lowest BCUT2D eigenvalue weighted by molar-refractivity contribution is 0.213. The van der Waals surface area contributed by atoms with Crippen molar-refractivity contribution >= 4 is 0 Å². The number of rotatable bonds is 2. The highest BCUT2D eigenvalue weighted by Gasteiger charge is 2.21. The molecule has 1 aromatic heterocycles. The van der Waals surface area contributed by atoms with Crippen LogP contribution in [-0.4, -0.2) is 16.7 Å². The van der Waals surface area contributed by atoms with E-state index in [1.165, 1.54) is 5.56 Å². The highest BCUT2D eigenvalue weighted by molar-refractivity contribution is 5.47. The summed E-state index contributed by atoms with van der Waals surface area (Å²) in [6, 6.07) is 7.88. The van der Waals surface area contributed by atoms with Crippen LogP contribution in [0.4, 0.5) is 0 Å². The van der Waals surface area contributed by atoms with Crippen LogP contribution in [0.1, 0.15) is 28.4 Å². The third-order valence-electron chi connectivity index (χ3n) is 3.25. The number of aryl methyl sites for hydroxylation is 1. The normalized spacial score (nSPS) is 15.0. The van der Waals surface area contributed by atoms with E-state index in [1.54, 1.807) is 12.4 Å². The molecule has 92 valence electrons. The van der Waals surface area contributed by atoms with Crippen LogP contribution in [0.15, 0.2) is 36.7 Å². The minimum atomic E-state index is -0.676. The van der Waals surface area contributed by atoms with Gasteiger partial charge in [0.05, 0.1) is 6.61 Å². The summed E-state index contributed by atoms with van der Waals surface area (Å²) in [7, 11) is 0. The fourth-order valence-electron chi connectivity index (χ4n) is 2.36. The van der Waals surface area contributed by atoms with Crippen molar-refractivity contribution in [2.45, 2.75) is 19.4 Å². The number of aliphatic hydroxyl groups excluding tert-OH is 1. The number of aliphatic hydroxyl groups is 1. The van der Waals surface area contributed by atoms with Crippen LogP contribution in [0.25, 0.3) is 0 Å². The van der Waals surface area contributed by atoms with Gasteiger partial charge in [0.15, 0.2) is 0 Å². The molecule has 0 fully saturated rings. The van der Waals surface area contributed by atoms with Gasteiger partial charge < -0.3 is 9.84 Å². The Morgan fingerprint density at radius 2 is 2.22 bits per heavy atom. The zero-order valence-electron chi connectivity index (χ0n) is 10.3. The minimum absolute atomic E-state index is 0.676. The zero-order chi connectivity index (χ0) is 12.5. The van der Waals surface area contributed by atoms with Gasteiger partial charge in [-0.25, -0.2) is 0 Å². The Bertz CT molecular complexity index is 580. The van der Waals surface area contributed by atoms with E-state index in [9.17, 15) is 5.11 Å². The maximum atomic E-state index is 10.5. The van der Waals surface area contributed by atoms with Crippen LogP contribution in [0.3, 0.4) is 0 Å². The topological polar surface area (TPSA) is 42.4 Å². The Hall–Kier alpha value is -1.87. The molecule has 1 aliphatic heterocycles. The summed E-state index contributed by atoms with van der Waals surface area (Å²) in [6.45, 7) is 2.67. The first-order valence-electron chi connectivity index (χ1n) is 6.10. The SMILES string of the molecule is Cc1cncc(C(O)c2cccc3c2OCC3)c1. The number of aromatic nitrogens is 1. The average molecular weight is 241 g/mol. The van der Waals surface area contributed by atoms with Crippen molar-refractivity contribution in [3.8, 4) is 5.75 Å². The van der Waals surface area contributed by atoms with Gasteiger partial charge in [-0.3, -0.25) is 4.98 Å². The number of para-hydroxylation sites is 1. The largest absolute Gasteiger partial charge is 0.493 e. The molecule has 2 heterocycles. The molecule has 1 aliphatic rings. The molecular formula is C15H15NO2. The van der Waals surface area contributed by atoms with Gasteiger partial charge in [0.2, 0.25) is 0 Å². The van der Waals surface area contributed by atoms with Gasteiger partial charge in [-0.05, 0) is 18.1 Å². The van der Waals surface area contributed by atoms with Crippen LogP contribution in [0.5, 0.6) is 5.75 Å². The van der Waals surface area contributed by atoms with Crippen LogP contribution in [-0.2, 0) is 6.42 Å². The number of ether oxygens (including phenoxy) is 1. The van der Waals surface area contributed by atoms with Crippen molar-refractivity contribution in [3.63, 3.8) is 0 Å². The highest BCUT2D eigenvalue weighted by Crippen LogP contribution is 2.35. The lowest BCUT2D eigenvalue weighted by Crippen LogP contribution is -2.03. The predicted molar refractivity (Wildman–Crippen MR) is 68.7 cm³/mol. The minimum Gasteiger partial charge on any atom is -0.493 e. The fraction of sp³-hybridized carbons (Fsp3) is 0.267. The van der Waals surface area contributed by atoms with Crippen molar-refractivity contribution < 1.29 is 9.84 Å². The first-order chi connectivity index (χ1) is 8.75. The summed E-state index contributed by atoms with van der Waals surface area (Å²) in [6.07, 6.45) is 3.72. The standard InChI is InChI=1S/C15H15NO2/c1-10-7-12(9-16-8-10)14(17)13-4-2-3-11-5-6-18-15(11)13/h2-4,7-9,14,17H,5-6H2,1H3. The molecule has 3 heteroatoms. The zero-order valence-corrected chi connectivity index (χ0v) is 10.3. The van der Waals surface area contributed by atoms with Gasteiger partial charge in [-0.1, -0.05) is 24.3 Å². The quantitative estimate of drug-likeness (QED) is 0.878. The third kappa shape index (κ3) is 1.87. The fourth-order valence-corrected chi connectivity index (χ4v) is 2.36. The maximum Gasteiger partial charge on any atom is 0.128 e. The smallest absolute Gasteiger partial charge is 0.128 e. The molecule has 1 N–H and O–H groups in total. The molecule has 0 saturated heterocycles. The van der Waals surface area contributed by atoms with Crippen molar-refractivity contribution in [3.05, 3.63) is 58.9 Å². The summed E-state index contributed by atoms with van der Waals surface area (Å²) in [5.74, 6) is 0.839. The summed E-state index contributed by atoms with van der Waals surface area (Å²) in [5, 5.41) is 10.5. The van der Waals surface area contributed by atoms with Crippen molar-refractivity contribution in [2.75, 3.05) is 6.61 Å². The van der Waals surface area contributed by atoms with E-state index in [-0.39, 0.29) is 0 Å². The van der Waals surface area contributed by atoms with Gasteiger partial charge in [-0.15, -0.1) is 0 Å². The number of hydrogen-bond donors (Lipinski definition) is 1. The van der Waals surface area contributed by atoms with Crippen molar-refractivity contribution in [1.29, 1.82) is 0 Å². The molecular weight excluding hydrogens is 226 g/mol. The average Bonchev–Trinajstić information content (AvgIpc) is 2.86. The van der Waals surface area contributed by atoms with Gasteiger partial charge >= 0.3 is 0 Å². The van der Waals surface area contributed by atoms with E-state index in [0.29, 0.717) is 6.61 Å². The molecule has 1 aromatic carbocycles. The van der Waals surface area contributed by atoms with E-state index >= 15 is 0 Å². The van der Waals surface area contributed by atoms with Gasteiger partial charge in [0.25, 0.3) is 0 Å². The Morgan fingerprint density at radius 3 is 3.06 bits per heavy atom. The number of nitrogens with zero attached hydrogens (tertiary/aromatic N) is 1. The molecule has 0 aliphatic carbocycles. The molecule has 1 unspecified atom stereocenters. The Balaban J connectivity index is 2.03. The van der Waals surface area contributed by atoms with E-state index in [4.69, 9.17) is 4.74 Å². The molecule has 0 amide bonds. The molecule has 0 spiro atoms. The van der Waals surface area contributed by atoms with Gasteiger partial charge in [-0.2, -0.15) is 0 Å². The van der Waals surface area contributed by atoms with Crippen molar-refractivity contribution in [2.24, 2.45) is 0 Å². The second-order valence-corrected chi connectivity index (χ2v) is 4.63. The van der Waals surface area contributed by atoms with Crippen LogP contribution >= 0.6 is 0 Å². The third-order valence-corrected chi connectivity index (χ3v) is 3.25. The monoisotopic (exact) mass is 241 g/mol. The number of benzene rings is 1. The van der Waals surface area contributed by atoms with E-state index < -0.39 is 6.10 Å². The second kappa shape index (κ2) is 4.42. The molecule has 2 aromatic rings. The summed E-state index contributed by atoms with van der Waals surface area (Å²) in [5.41, 5.74) is 3.85. The lowest BCUT2D eigenvalue weighted by Gasteiger charge is -2.15. The summed E-state index contributed by atoms with van der Waals surface area (Å²) in [4.78, 5) is 4.12. The molecule has 18 heavy (non-hydrogen) atoms. The molecule has 0 bridgehead atoms. The summed E-state index contributed by atoms with van der Waals surface area (Å²) < 4.78 is 5.62. The van der Waals surface area contributed by atoms with E-state index in [2.05, 4.69) is 4.98 Å². The van der Waals surface area contributed by atoms with E-state index in [0.717, 1.165) is 28.9 Å². The second-order valence-electron chi connectivity index (χ2n) is 4.63. The number of pyridine rings is 1. The van der Waals surface area contributed by atoms with Crippen LogP contribution < -0.4 is 4.74 Å². The Labute approximate surface area is 106 Å². The number of hydrogen-bond acceptors (Lipinski definition) is 3. The van der Waals surface area contributed by atoms with Crippen LogP contribution in [0, 0.1) is 6.92 Å². The lowest BCUT2D eigenvalue weighted by atomic mass is 9.99. The molecule has 3 nitrogen and oxygen atoms in total. The molecule has 1 atom stereocenters.